The first-order chi connectivity index (χ1) is 10.8. The van der Waals surface area contributed by atoms with Gasteiger partial charge in [0.05, 0.1) is 6.61 Å². The van der Waals surface area contributed by atoms with Gasteiger partial charge in [0.15, 0.2) is 0 Å². The van der Waals surface area contributed by atoms with Gasteiger partial charge in [-0.1, -0.05) is 78.4 Å². The maximum atomic E-state index is 5.97. The van der Waals surface area contributed by atoms with E-state index in [1.807, 2.05) is 30.3 Å². The average molecular weight is 288 g/mol. The first kappa shape index (κ1) is 14.4. The van der Waals surface area contributed by atoms with Crippen LogP contribution >= 0.6 is 0 Å². The van der Waals surface area contributed by atoms with Crippen molar-refractivity contribution in [1.82, 2.24) is 0 Å². The molecule has 0 radical (unpaired) electrons. The molecule has 1 unspecified atom stereocenters. The van der Waals surface area contributed by atoms with Gasteiger partial charge in [0.25, 0.3) is 0 Å². The quantitative estimate of drug-likeness (QED) is 0.734. The third-order valence-electron chi connectivity index (χ3n) is 3.76. The van der Waals surface area contributed by atoms with E-state index in [0.29, 0.717) is 6.61 Å². The van der Waals surface area contributed by atoms with Gasteiger partial charge in [-0.05, 0) is 30.2 Å². The fourth-order valence-corrected chi connectivity index (χ4v) is 2.49. The van der Waals surface area contributed by atoms with Crippen LogP contribution in [0.3, 0.4) is 0 Å². The zero-order valence-electron chi connectivity index (χ0n) is 12.8. The Balaban J connectivity index is 1.79. The molecule has 2 aromatic rings. The van der Waals surface area contributed by atoms with Crippen LogP contribution in [-0.2, 0) is 0 Å². The zero-order chi connectivity index (χ0) is 15.2. The summed E-state index contributed by atoms with van der Waals surface area (Å²) in [5, 5.41) is 0. The van der Waals surface area contributed by atoms with E-state index in [1.165, 1.54) is 16.7 Å². The number of ether oxygens (including phenoxy) is 1. The van der Waals surface area contributed by atoms with Crippen LogP contribution in [0.2, 0.25) is 0 Å². The van der Waals surface area contributed by atoms with Crippen LogP contribution in [0, 0.1) is 6.92 Å². The highest BCUT2D eigenvalue weighted by atomic mass is 16.5. The molecule has 110 valence electrons. The number of hydrogen-bond acceptors (Lipinski definition) is 1. The van der Waals surface area contributed by atoms with E-state index < -0.39 is 0 Å². The summed E-state index contributed by atoms with van der Waals surface area (Å²) >= 11 is 0. The van der Waals surface area contributed by atoms with Gasteiger partial charge < -0.3 is 4.74 Å². The number of allylic oxidation sites excluding steroid dienone is 5. The van der Waals surface area contributed by atoms with Gasteiger partial charge in [-0.2, -0.15) is 0 Å². The van der Waals surface area contributed by atoms with Crippen molar-refractivity contribution in [3.8, 4) is 5.75 Å². The minimum atomic E-state index is 0.239. The molecule has 1 atom stereocenters. The third kappa shape index (κ3) is 3.76. The van der Waals surface area contributed by atoms with Crippen molar-refractivity contribution in [1.29, 1.82) is 0 Å². The maximum absolute atomic E-state index is 5.97. The lowest BCUT2D eigenvalue weighted by Crippen LogP contribution is -2.09. The van der Waals surface area contributed by atoms with Crippen LogP contribution in [0.25, 0.3) is 0 Å². The molecule has 0 aromatic heterocycles. The summed E-state index contributed by atoms with van der Waals surface area (Å²) in [5.41, 5.74) is 3.80. The van der Waals surface area contributed by atoms with Crippen LogP contribution in [0.4, 0.5) is 0 Å². The topological polar surface area (TPSA) is 9.23 Å². The van der Waals surface area contributed by atoms with Crippen molar-refractivity contribution >= 4 is 0 Å². The number of aryl methyl sites for hydroxylation is 1. The van der Waals surface area contributed by atoms with Gasteiger partial charge in [-0.15, -0.1) is 0 Å². The Morgan fingerprint density at radius 3 is 2.27 bits per heavy atom. The summed E-state index contributed by atoms with van der Waals surface area (Å²) in [6.45, 7) is 2.75. The summed E-state index contributed by atoms with van der Waals surface area (Å²) in [4.78, 5) is 0. The van der Waals surface area contributed by atoms with Crippen molar-refractivity contribution in [2.75, 3.05) is 6.61 Å². The Hall–Kier alpha value is -2.54. The number of para-hydroxylation sites is 1. The molecule has 0 amide bonds. The zero-order valence-corrected chi connectivity index (χ0v) is 12.8. The highest BCUT2D eigenvalue weighted by molar-refractivity contribution is 5.42. The summed E-state index contributed by atoms with van der Waals surface area (Å²) in [7, 11) is 0. The molecule has 1 aliphatic carbocycles. The molecule has 3 rings (SSSR count). The molecule has 0 fully saturated rings. The largest absolute Gasteiger partial charge is 0.493 e. The molecule has 0 N–H and O–H groups in total. The molecule has 1 aliphatic rings. The van der Waals surface area contributed by atoms with Crippen molar-refractivity contribution in [2.45, 2.75) is 12.8 Å². The smallest absolute Gasteiger partial charge is 0.119 e. The maximum Gasteiger partial charge on any atom is 0.119 e. The molecule has 0 aliphatic heterocycles. The first-order valence-electron chi connectivity index (χ1n) is 7.62. The van der Waals surface area contributed by atoms with Crippen LogP contribution in [0.15, 0.2) is 90.6 Å². The SMILES string of the molecule is Cc1ccc(C(C=C2C=CC=C2)COc2ccccc2)cc1. The molecule has 0 saturated carbocycles. The molecule has 0 saturated heterocycles. The Bertz CT molecular complexity index is 676. The fourth-order valence-electron chi connectivity index (χ4n) is 2.49. The Morgan fingerprint density at radius 1 is 0.909 bits per heavy atom. The normalized spacial score (nSPS) is 14.1. The summed E-state index contributed by atoms with van der Waals surface area (Å²) in [5.74, 6) is 1.15. The number of rotatable bonds is 5. The van der Waals surface area contributed by atoms with E-state index in [-0.39, 0.29) is 5.92 Å². The second-order valence-electron chi connectivity index (χ2n) is 5.53. The van der Waals surface area contributed by atoms with E-state index in [0.717, 1.165) is 5.75 Å². The highest BCUT2D eigenvalue weighted by Gasteiger charge is 2.11. The summed E-state index contributed by atoms with van der Waals surface area (Å²) in [6, 6.07) is 18.7. The van der Waals surface area contributed by atoms with E-state index >= 15 is 0 Å². The van der Waals surface area contributed by atoms with Crippen LogP contribution in [0.5, 0.6) is 5.75 Å². The number of benzene rings is 2. The predicted molar refractivity (Wildman–Crippen MR) is 92.2 cm³/mol. The van der Waals surface area contributed by atoms with Gasteiger partial charge in [-0.25, -0.2) is 0 Å². The van der Waals surface area contributed by atoms with Gasteiger partial charge in [-0.3, -0.25) is 0 Å². The molecule has 0 spiro atoms. The van der Waals surface area contributed by atoms with Crippen molar-refractivity contribution in [2.24, 2.45) is 0 Å². The van der Waals surface area contributed by atoms with Crippen molar-refractivity contribution in [3.63, 3.8) is 0 Å². The second-order valence-corrected chi connectivity index (χ2v) is 5.53. The number of hydrogen-bond donors (Lipinski definition) is 0. The lowest BCUT2D eigenvalue weighted by Gasteiger charge is -2.16. The van der Waals surface area contributed by atoms with Gasteiger partial charge in [0, 0.05) is 5.92 Å². The Morgan fingerprint density at radius 2 is 1.59 bits per heavy atom. The molecular formula is C21H20O. The molecule has 22 heavy (non-hydrogen) atoms. The van der Waals surface area contributed by atoms with Crippen molar-refractivity contribution < 1.29 is 4.74 Å². The highest BCUT2D eigenvalue weighted by Crippen LogP contribution is 2.23. The fraction of sp³-hybridized carbons (Fsp3) is 0.143. The van der Waals surface area contributed by atoms with Crippen LogP contribution in [0.1, 0.15) is 17.0 Å². The van der Waals surface area contributed by atoms with E-state index in [4.69, 9.17) is 4.74 Å². The first-order valence-corrected chi connectivity index (χ1v) is 7.62. The predicted octanol–water partition coefficient (Wildman–Crippen LogP) is 5.21. The molecule has 1 nitrogen and oxygen atoms in total. The molecule has 0 heterocycles. The van der Waals surface area contributed by atoms with E-state index in [2.05, 4.69) is 61.6 Å². The summed E-state index contributed by atoms with van der Waals surface area (Å²) < 4.78 is 5.97. The lowest BCUT2D eigenvalue weighted by molar-refractivity contribution is 0.306. The van der Waals surface area contributed by atoms with Gasteiger partial charge >= 0.3 is 0 Å². The Labute approximate surface area is 132 Å². The molecule has 0 bridgehead atoms. The van der Waals surface area contributed by atoms with Crippen LogP contribution in [-0.4, -0.2) is 6.61 Å². The van der Waals surface area contributed by atoms with Crippen molar-refractivity contribution in [3.05, 3.63) is 102 Å². The monoisotopic (exact) mass is 288 g/mol. The molecule has 2 aromatic carbocycles. The third-order valence-corrected chi connectivity index (χ3v) is 3.76. The summed E-state index contributed by atoms with van der Waals surface area (Å²) in [6.07, 6.45) is 10.7. The van der Waals surface area contributed by atoms with E-state index in [1.54, 1.807) is 0 Å². The molecular weight excluding hydrogens is 268 g/mol. The lowest BCUT2D eigenvalue weighted by atomic mass is 9.96. The second kappa shape index (κ2) is 6.95. The van der Waals surface area contributed by atoms with Crippen LogP contribution < -0.4 is 4.74 Å². The molecule has 1 heteroatoms. The minimum absolute atomic E-state index is 0.239. The van der Waals surface area contributed by atoms with E-state index in [9.17, 15) is 0 Å². The Kier molecular flexibility index (Phi) is 4.55. The standard InChI is InChI=1S/C21H20O/c1-17-11-13-19(14-12-17)20(15-18-7-5-6-8-18)16-22-21-9-3-2-4-10-21/h2-15,20H,16H2,1H3. The van der Waals surface area contributed by atoms with Gasteiger partial charge in [0.2, 0.25) is 0 Å². The average Bonchev–Trinajstić information content (AvgIpc) is 3.06. The minimum Gasteiger partial charge on any atom is -0.493 e. The van der Waals surface area contributed by atoms with Gasteiger partial charge in [0.1, 0.15) is 5.75 Å².